The van der Waals surface area contributed by atoms with Crippen molar-refractivity contribution < 1.29 is 14.3 Å². The first-order valence-electron chi connectivity index (χ1n) is 10.4. The maximum atomic E-state index is 13.2. The molecular weight excluding hydrogens is 494 g/mol. The van der Waals surface area contributed by atoms with Crippen LogP contribution >= 0.6 is 46.4 Å². The molecule has 1 aliphatic rings. The van der Waals surface area contributed by atoms with Crippen molar-refractivity contribution in [3.05, 3.63) is 62.1 Å². The van der Waals surface area contributed by atoms with Crippen LogP contribution in [0.15, 0.2) is 36.4 Å². The van der Waals surface area contributed by atoms with Crippen LogP contribution in [-0.2, 0) is 16.1 Å². The Morgan fingerprint density at radius 2 is 1.72 bits per heavy atom. The molecule has 3 rings (SSSR count). The molecule has 2 aromatic carbocycles. The fraction of sp³-hybridized carbons (Fsp3) is 0.391. The maximum Gasteiger partial charge on any atom is 0.261 e. The average molecular weight is 518 g/mol. The third-order valence-corrected chi connectivity index (χ3v) is 6.74. The second-order valence-electron chi connectivity index (χ2n) is 7.75. The Morgan fingerprint density at radius 3 is 2.34 bits per heavy atom. The predicted molar refractivity (Wildman–Crippen MR) is 129 cm³/mol. The van der Waals surface area contributed by atoms with Crippen LogP contribution in [-0.4, -0.2) is 35.4 Å². The minimum absolute atomic E-state index is 0.0638. The first-order chi connectivity index (χ1) is 15.3. The fourth-order valence-electron chi connectivity index (χ4n) is 3.64. The van der Waals surface area contributed by atoms with Gasteiger partial charge in [-0.1, -0.05) is 65.3 Å². The van der Waals surface area contributed by atoms with Crippen LogP contribution in [0.5, 0.6) is 5.75 Å². The van der Waals surface area contributed by atoms with Gasteiger partial charge in [0.15, 0.2) is 6.61 Å². The number of halogens is 4. The molecule has 172 valence electrons. The van der Waals surface area contributed by atoms with Crippen molar-refractivity contribution in [3.63, 3.8) is 0 Å². The number of amides is 2. The second kappa shape index (κ2) is 11.5. The summed E-state index contributed by atoms with van der Waals surface area (Å²) in [7, 11) is 0. The molecule has 32 heavy (non-hydrogen) atoms. The Kier molecular flexibility index (Phi) is 8.95. The van der Waals surface area contributed by atoms with Gasteiger partial charge in [0.1, 0.15) is 11.8 Å². The highest BCUT2D eigenvalue weighted by molar-refractivity contribution is 6.36. The van der Waals surface area contributed by atoms with Crippen LogP contribution < -0.4 is 10.1 Å². The SMILES string of the molecule is CC(C(=O)NC1CCCC1)N(Cc1c(Cl)cccc1Cl)C(=O)COc1ccc(Cl)cc1Cl. The first-order valence-corrected chi connectivity index (χ1v) is 11.9. The average Bonchev–Trinajstić information content (AvgIpc) is 3.25. The zero-order valence-electron chi connectivity index (χ0n) is 17.5. The minimum atomic E-state index is -0.750. The number of carbonyl (C=O) groups is 2. The number of benzene rings is 2. The van der Waals surface area contributed by atoms with E-state index in [0.717, 1.165) is 25.7 Å². The van der Waals surface area contributed by atoms with Crippen molar-refractivity contribution in [2.24, 2.45) is 0 Å². The highest BCUT2D eigenvalue weighted by Gasteiger charge is 2.29. The van der Waals surface area contributed by atoms with E-state index in [1.54, 1.807) is 37.3 Å². The van der Waals surface area contributed by atoms with Gasteiger partial charge in [0, 0.05) is 33.2 Å². The number of nitrogens with zero attached hydrogens (tertiary/aromatic N) is 1. The smallest absolute Gasteiger partial charge is 0.261 e. The van der Waals surface area contributed by atoms with Gasteiger partial charge in [-0.2, -0.15) is 0 Å². The molecular formula is C23H24Cl4N2O3. The lowest BCUT2D eigenvalue weighted by molar-refractivity contribution is -0.142. The molecule has 1 aliphatic carbocycles. The van der Waals surface area contributed by atoms with Crippen molar-refractivity contribution in [1.29, 1.82) is 0 Å². The maximum absolute atomic E-state index is 13.2. The molecule has 2 aromatic rings. The van der Waals surface area contributed by atoms with Crippen LogP contribution in [0.2, 0.25) is 20.1 Å². The standard InChI is InChI=1S/C23H24Cl4N2O3/c1-14(23(31)28-16-5-2-3-6-16)29(12-17-18(25)7-4-8-19(17)26)22(30)13-32-21-10-9-15(24)11-20(21)27/h4,7-11,14,16H,2-3,5-6,12-13H2,1H3,(H,28,31). The largest absolute Gasteiger partial charge is 0.482 e. The molecule has 0 aliphatic heterocycles. The van der Waals surface area contributed by atoms with E-state index in [0.29, 0.717) is 26.4 Å². The van der Waals surface area contributed by atoms with Crippen LogP contribution in [0, 0.1) is 0 Å². The fourth-order valence-corrected chi connectivity index (χ4v) is 4.62. The van der Waals surface area contributed by atoms with E-state index in [9.17, 15) is 9.59 Å². The van der Waals surface area contributed by atoms with Crippen molar-refractivity contribution in [1.82, 2.24) is 10.2 Å². The summed E-state index contributed by atoms with van der Waals surface area (Å²) in [5.74, 6) is -0.303. The zero-order valence-corrected chi connectivity index (χ0v) is 20.6. The van der Waals surface area contributed by atoms with Gasteiger partial charge in [-0.3, -0.25) is 9.59 Å². The summed E-state index contributed by atoms with van der Waals surface area (Å²) in [6.45, 7) is 1.43. The molecule has 0 aromatic heterocycles. The van der Waals surface area contributed by atoms with E-state index >= 15 is 0 Å². The Bertz CT molecular complexity index is 959. The number of hydrogen-bond donors (Lipinski definition) is 1. The van der Waals surface area contributed by atoms with Crippen LogP contribution in [0.1, 0.15) is 38.2 Å². The van der Waals surface area contributed by atoms with Crippen LogP contribution in [0.3, 0.4) is 0 Å². The highest BCUT2D eigenvalue weighted by Crippen LogP contribution is 2.29. The summed E-state index contributed by atoms with van der Waals surface area (Å²) in [5, 5.41) is 4.63. The lowest BCUT2D eigenvalue weighted by atomic mass is 10.1. The van der Waals surface area contributed by atoms with Gasteiger partial charge in [0.05, 0.1) is 5.02 Å². The van der Waals surface area contributed by atoms with E-state index in [4.69, 9.17) is 51.1 Å². The van der Waals surface area contributed by atoms with Crippen molar-refractivity contribution in [3.8, 4) is 5.75 Å². The Hall–Kier alpha value is -1.66. The van der Waals surface area contributed by atoms with E-state index in [-0.39, 0.29) is 30.1 Å². The monoisotopic (exact) mass is 516 g/mol. The molecule has 2 amide bonds. The number of ether oxygens (including phenoxy) is 1. The number of nitrogens with one attached hydrogen (secondary N) is 1. The minimum Gasteiger partial charge on any atom is -0.482 e. The molecule has 0 bridgehead atoms. The van der Waals surface area contributed by atoms with Gasteiger partial charge >= 0.3 is 0 Å². The zero-order chi connectivity index (χ0) is 23.3. The molecule has 0 saturated heterocycles. The van der Waals surface area contributed by atoms with Gasteiger partial charge in [-0.15, -0.1) is 0 Å². The molecule has 1 unspecified atom stereocenters. The molecule has 0 heterocycles. The van der Waals surface area contributed by atoms with Crippen LogP contribution in [0.4, 0.5) is 0 Å². The van der Waals surface area contributed by atoms with Crippen molar-refractivity contribution in [2.75, 3.05) is 6.61 Å². The molecule has 0 radical (unpaired) electrons. The molecule has 0 spiro atoms. The summed E-state index contributed by atoms with van der Waals surface area (Å²) in [6, 6.07) is 9.23. The number of rotatable bonds is 8. The summed E-state index contributed by atoms with van der Waals surface area (Å²) >= 11 is 24.7. The summed E-state index contributed by atoms with van der Waals surface area (Å²) in [5.41, 5.74) is 0.564. The molecule has 1 fully saturated rings. The van der Waals surface area contributed by atoms with Crippen molar-refractivity contribution in [2.45, 2.75) is 51.2 Å². The van der Waals surface area contributed by atoms with E-state index < -0.39 is 11.9 Å². The number of hydrogen-bond acceptors (Lipinski definition) is 3. The third-order valence-electron chi connectivity index (χ3n) is 5.50. The molecule has 9 heteroatoms. The number of carbonyl (C=O) groups excluding carboxylic acids is 2. The van der Waals surface area contributed by atoms with Crippen LogP contribution in [0.25, 0.3) is 0 Å². The summed E-state index contributed by atoms with van der Waals surface area (Å²) < 4.78 is 5.62. The van der Waals surface area contributed by atoms with Gasteiger partial charge in [0.2, 0.25) is 5.91 Å². The predicted octanol–water partition coefficient (Wildman–Crippen LogP) is 6.16. The molecule has 1 saturated carbocycles. The third kappa shape index (κ3) is 6.44. The van der Waals surface area contributed by atoms with E-state index in [2.05, 4.69) is 5.32 Å². The first kappa shape index (κ1) is 25.0. The molecule has 5 nitrogen and oxygen atoms in total. The molecule has 1 atom stereocenters. The van der Waals surface area contributed by atoms with Gasteiger partial charge in [-0.05, 0) is 50.1 Å². The lowest BCUT2D eigenvalue weighted by Crippen LogP contribution is -2.50. The topological polar surface area (TPSA) is 58.6 Å². The van der Waals surface area contributed by atoms with Gasteiger partial charge < -0.3 is 15.0 Å². The van der Waals surface area contributed by atoms with Gasteiger partial charge in [-0.25, -0.2) is 0 Å². The van der Waals surface area contributed by atoms with Gasteiger partial charge in [0.25, 0.3) is 5.91 Å². The Morgan fingerprint density at radius 1 is 1.06 bits per heavy atom. The Balaban J connectivity index is 1.78. The van der Waals surface area contributed by atoms with E-state index in [1.165, 1.54) is 11.0 Å². The second-order valence-corrected chi connectivity index (χ2v) is 9.41. The summed E-state index contributed by atoms with van der Waals surface area (Å²) in [6.07, 6.45) is 4.07. The molecule has 1 N–H and O–H groups in total. The highest BCUT2D eigenvalue weighted by atomic mass is 35.5. The van der Waals surface area contributed by atoms with Crippen molar-refractivity contribution >= 4 is 58.2 Å². The Labute approximate surface area is 207 Å². The van der Waals surface area contributed by atoms with E-state index in [1.807, 2.05) is 0 Å². The lowest BCUT2D eigenvalue weighted by Gasteiger charge is -2.30. The quantitative estimate of drug-likeness (QED) is 0.456. The normalized spacial score (nSPS) is 14.8. The summed E-state index contributed by atoms with van der Waals surface area (Å²) in [4.78, 5) is 27.5.